The van der Waals surface area contributed by atoms with E-state index in [1.807, 2.05) is 18.2 Å². The van der Waals surface area contributed by atoms with Crippen LogP contribution >= 0.6 is 0 Å². The molecule has 1 aromatic rings. The summed E-state index contributed by atoms with van der Waals surface area (Å²) in [6, 6.07) is 8.41. The van der Waals surface area contributed by atoms with E-state index in [9.17, 15) is 0 Å². The number of nitrogens with zero attached hydrogens (tertiary/aromatic N) is 2. The van der Waals surface area contributed by atoms with Crippen LogP contribution in [0, 0.1) is 0 Å². The van der Waals surface area contributed by atoms with Crippen LogP contribution < -0.4 is 0 Å². The Balaban J connectivity index is 2.56. The average Bonchev–Trinajstić information content (AvgIpc) is 2.29. The Labute approximate surface area is 71.6 Å². The van der Waals surface area contributed by atoms with E-state index in [-0.39, 0.29) is 6.04 Å². The lowest BCUT2D eigenvalue weighted by molar-refractivity contribution is 0.765. The molecule has 0 bridgehead atoms. The highest BCUT2D eigenvalue weighted by Gasteiger charge is 2.08. The molecule has 1 aliphatic rings. The van der Waals surface area contributed by atoms with Gasteiger partial charge in [0.15, 0.2) is 0 Å². The third kappa shape index (κ3) is 1.16. The van der Waals surface area contributed by atoms with Crippen molar-refractivity contribution in [2.75, 3.05) is 0 Å². The summed E-state index contributed by atoms with van der Waals surface area (Å²) in [7, 11) is 0. The highest BCUT2D eigenvalue weighted by Crippen LogP contribution is 2.24. The second-order valence-electron chi connectivity index (χ2n) is 2.85. The fourth-order valence-electron chi connectivity index (χ4n) is 1.36. The quantitative estimate of drug-likeness (QED) is 0.554. The largest absolute Gasteiger partial charge is 0.181 e. The first kappa shape index (κ1) is 7.22. The zero-order valence-electron chi connectivity index (χ0n) is 6.94. The minimum atomic E-state index is 0.177. The van der Waals surface area contributed by atoms with Gasteiger partial charge >= 0.3 is 0 Å². The van der Waals surface area contributed by atoms with E-state index in [2.05, 4.69) is 29.3 Å². The second kappa shape index (κ2) is 2.89. The molecule has 0 saturated heterocycles. The van der Waals surface area contributed by atoms with Gasteiger partial charge in [-0.1, -0.05) is 24.3 Å². The molecule has 1 aromatic carbocycles. The molecule has 1 aliphatic heterocycles. The van der Waals surface area contributed by atoms with Gasteiger partial charge in [0.05, 0.1) is 6.04 Å². The van der Waals surface area contributed by atoms with Gasteiger partial charge in [-0.2, -0.15) is 10.2 Å². The lowest BCUT2D eigenvalue weighted by Gasteiger charge is -2.06. The molecule has 0 fully saturated rings. The van der Waals surface area contributed by atoms with Gasteiger partial charge in [0.1, 0.15) is 0 Å². The van der Waals surface area contributed by atoms with Crippen molar-refractivity contribution in [1.82, 2.24) is 0 Å². The number of hydrogen-bond donors (Lipinski definition) is 0. The van der Waals surface area contributed by atoms with Crippen molar-refractivity contribution in [2.45, 2.75) is 13.0 Å². The maximum absolute atomic E-state index is 4.10. The van der Waals surface area contributed by atoms with Gasteiger partial charge in [0, 0.05) is 6.20 Å². The molecule has 0 spiro atoms. The molecule has 60 valence electrons. The van der Waals surface area contributed by atoms with Crippen LogP contribution in [-0.4, -0.2) is 0 Å². The second-order valence-corrected chi connectivity index (χ2v) is 2.85. The molecule has 0 aliphatic carbocycles. The van der Waals surface area contributed by atoms with Crippen molar-refractivity contribution in [3.05, 3.63) is 41.6 Å². The molecule has 0 aromatic heterocycles. The number of rotatable bonds is 0. The van der Waals surface area contributed by atoms with E-state index in [1.165, 1.54) is 11.1 Å². The van der Waals surface area contributed by atoms with Crippen LogP contribution in [0.25, 0.3) is 6.08 Å². The Morgan fingerprint density at radius 2 is 2.08 bits per heavy atom. The first-order valence-corrected chi connectivity index (χ1v) is 4.03. The van der Waals surface area contributed by atoms with Gasteiger partial charge in [0.2, 0.25) is 0 Å². The maximum Gasteiger partial charge on any atom is 0.0939 e. The minimum Gasteiger partial charge on any atom is -0.181 e. The molecule has 0 amide bonds. The lowest BCUT2D eigenvalue weighted by atomic mass is 10.0. The van der Waals surface area contributed by atoms with Gasteiger partial charge in [0.25, 0.3) is 0 Å². The molecule has 0 N–H and O–H groups in total. The highest BCUT2D eigenvalue weighted by atomic mass is 15.1. The molecule has 0 saturated carbocycles. The van der Waals surface area contributed by atoms with Gasteiger partial charge in [-0.3, -0.25) is 0 Å². The normalized spacial score (nSPS) is 20.2. The van der Waals surface area contributed by atoms with E-state index < -0.39 is 0 Å². The third-order valence-electron chi connectivity index (χ3n) is 2.01. The monoisotopic (exact) mass is 158 g/mol. The standard InChI is InChI=1S/C10H10N2/c1-8-10-5-3-2-4-9(10)6-7-11-12-8/h2-8H,1H3. The smallest absolute Gasteiger partial charge is 0.0939 e. The van der Waals surface area contributed by atoms with Crippen molar-refractivity contribution in [2.24, 2.45) is 10.2 Å². The molecule has 12 heavy (non-hydrogen) atoms. The van der Waals surface area contributed by atoms with E-state index in [0.29, 0.717) is 0 Å². The summed E-state index contributed by atoms with van der Waals surface area (Å²) >= 11 is 0. The van der Waals surface area contributed by atoms with Gasteiger partial charge in [-0.05, 0) is 24.1 Å². The molecule has 2 heteroatoms. The van der Waals surface area contributed by atoms with E-state index in [0.717, 1.165) is 0 Å². The summed E-state index contributed by atoms with van der Waals surface area (Å²) in [5, 5.41) is 8.01. The highest BCUT2D eigenvalue weighted by molar-refractivity contribution is 5.54. The molecule has 1 heterocycles. The molecule has 0 radical (unpaired) electrons. The predicted molar refractivity (Wildman–Crippen MR) is 48.7 cm³/mol. The first-order valence-electron chi connectivity index (χ1n) is 4.03. The van der Waals surface area contributed by atoms with Crippen molar-refractivity contribution >= 4 is 6.08 Å². The number of benzene rings is 1. The summed E-state index contributed by atoms with van der Waals surface area (Å²) in [5.41, 5.74) is 2.46. The van der Waals surface area contributed by atoms with Gasteiger partial charge in [-0.25, -0.2) is 0 Å². The summed E-state index contributed by atoms with van der Waals surface area (Å²) in [4.78, 5) is 0. The number of hydrogen-bond acceptors (Lipinski definition) is 2. The Kier molecular flexibility index (Phi) is 1.74. The molecule has 2 rings (SSSR count). The molecular weight excluding hydrogens is 148 g/mol. The summed E-state index contributed by atoms with van der Waals surface area (Å²) in [5.74, 6) is 0. The SMILES string of the molecule is CC1N=NC=Cc2ccccc21. The van der Waals surface area contributed by atoms with E-state index >= 15 is 0 Å². The molecule has 1 atom stereocenters. The first-order chi connectivity index (χ1) is 5.88. The number of fused-ring (bicyclic) bond motifs is 1. The fraction of sp³-hybridized carbons (Fsp3) is 0.200. The summed E-state index contributed by atoms with van der Waals surface area (Å²) in [6.07, 6.45) is 3.73. The topological polar surface area (TPSA) is 24.7 Å². The van der Waals surface area contributed by atoms with Gasteiger partial charge in [-0.15, -0.1) is 0 Å². The minimum absolute atomic E-state index is 0.177. The van der Waals surface area contributed by atoms with Crippen LogP contribution in [0.3, 0.4) is 0 Å². The van der Waals surface area contributed by atoms with E-state index in [4.69, 9.17) is 0 Å². The van der Waals surface area contributed by atoms with Crippen LogP contribution in [0.4, 0.5) is 0 Å². The van der Waals surface area contributed by atoms with Crippen LogP contribution in [-0.2, 0) is 0 Å². The summed E-state index contributed by atoms with van der Waals surface area (Å²) < 4.78 is 0. The Hall–Kier alpha value is -1.44. The van der Waals surface area contributed by atoms with Crippen LogP contribution in [0.15, 0.2) is 40.7 Å². The lowest BCUT2D eigenvalue weighted by Crippen LogP contribution is -1.90. The van der Waals surface area contributed by atoms with Gasteiger partial charge < -0.3 is 0 Å². The Morgan fingerprint density at radius 1 is 1.25 bits per heavy atom. The van der Waals surface area contributed by atoms with Crippen molar-refractivity contribution in [3.8, 4) is 0 Å². The predicted octanol–water partition coefficient (Wildman–Crippen LogP) is 3.18. The molecule has 1 unspecified atom stereocenters. The van der Waals surface area contributed by atoms with Crippen LogP contribution in [0.5, 0.6) is 0 Å². The maximum atomic E-state index is 4.10. The summed E-state index contributed by atoms with van der Waals surface area (Å²) in [6.45, 7) is 2.05. The zero-order chi connectivity index (χ0) is 8.39. The Morgan fingerprint density at radius 3 is 3.00 bits per heavy atom. The van der Waals surface area contributed by atoms with Crippen molar-refractivity contribution in [1.29, 1.82) is 0 Å². The molecular formula is C10H10N2. The third-order valence-corrected chi connectivity index (χ3v) is 2.01. The zero-order valence-corrected chi connectivity index (χ0v) is 6.94. The Bertz CT molecular complexity index is 339. The van der Waals surface area contributed by atoms with Crippen molar-refractivity contribution in [3.63, 3.8) is 0 Å². The fourth-order valence-corrected chi connectivity index (χ4v) is 1.36. The average molecular weight is 158 g/mol. The number of azo groups is 1. The van der Waals surface area contributed by atoms with Crippen LogP contribution in [0.2, 0.25) is 0 Å². The van der Waals surface area contributed by atoms with Crippen LogP contribution in [0.1, 0.15) is 24.1 Å². The van der Waals surface area contributed by atoms with Crippen molar-refractivity contribution < 1.29 is 0 Å². The van der Waals surface area contributed by atoms with E-state index in [1.54, 1.807) is 6.20 Å². The molecule has 2 nitrogen and oxygen atoms in total.